The summed E-state index contributed by atoms with van der Waals surface area (Å²) in [5.74, 6) is 0.546. The summed E-state index contributed by atoms with van der Waals surface area (Å²) in [6, 6.07) is 0. The van der Waals surface area contributed by atoms with Crippen LogP contribution in [0.1, 0.15) is 72.1 Å². The first kappa shape index (κ1) is 19.6. The van der Waals surface area contributed by atoms with Crippen LogP contribution >= 0.6 is 0 Å². The lowest BCUT2D eigenvalue weighted by Crippen LogP contribution is -2.39. The van der Waals surface area contributed by atoms with Crippen LogP contribution in [-0.4, -0.2) is 56.2 Å². The van der Waals surface area contributed by atoms with Crippen LogP contribution in [0, 0.1) is 11.3 Å². The number of nitrogens with zero attached hydrogens (tertiary/aromatic N) is 1. The average Bonchev–Trinajstić information content (AvgIpc) is 3.24. The summed E-state index contributed by atoms with van der Waals surface area (Å²) in [4.78, 5) is 2.39. The van der Waals surface area contributed by atoms with E-state index in [0.29, 0.717) is 11.5 Å². The Morgan fingerprint density at radius 2 is 1.88 bits per heavy atom. The molecule has 1 aliphatic carbocycles. The van der Waals surface area contributed by atoms with Crippen molar-refractivity contribution in [2.24, 2.45) is 11.3 Å². The fourth-order valence-electron chi connectivity index (χ4n) is 4.74. The second kappa shape index (κ2) is 8.24. The molecule has 3 aliphatic rings. The van der Waals surface area contributed by atoms with Gasteiger partial charge in [-0.15, -0.1) is 0 Å². The monoisotopic (exact) mass is 353 g/mol. The average molecular weight is 354 g/mol. The third-order valence-electron chi connectivity index (χ3n) is 7.05. The van der Waals surface area contributed by atoms with Crippen molar-refractivity contribution in [1.29, 1.82) is 0 Å². The number of rotatable bonds is 7. The predicted octanol–water partition coefficient (Wildman–Crippen LogP) is 4.23. The van der Waals surface area contributed by atoms with E-state index in [1.807, 2.05) is 0 Å². The molecule has 0 aromatic heterocycles. The molecule has 0 aromatic rings. The van der Waals surface area contributed by atoms with Crippen molar-refractivity contribution < 1.29 is 14.2 Å². The van der Waals surface area contributed by atoms with Gasteiger partial charge >= 0.3 is 0 Å². The molecule has 2 saturated heterocycles. The minimum absolute atomic E-state index is 0.266. The highest BCUT2D eigenvalue weighted by atomic mass is 16.7. The fraction of sp³-hybridized carbons (Fsp3) is 1.00. The highest BCUT2D eigenvalue weighted by Gasteiger charge is 2.46. The van der Waals surface area contributed by atoms with E-state index in [0.717, 1.165) is 51.5 Å². The third-order valence-corrected chi connectivity index (χ3v) is 7.05. The fourth-order valence-corrected chi connectivity index (χ4v) is 4.74. The molecular formula is C21H39NO3. The van der Waals surface area contributed by atoms with Crippen LogP contribution < -0.4 is 0 Å². The van der Waals surface area contributed by atoms with Gasteiger partial charge in [0.15, 0.2) is 5.79 Å². The van der Waals surface area contributed by atoms with Gasteiger partial charge in [0.25, 0.3) is 0 Å². The summed E-state index contributed by atoms with van der Waals surface area (Å²) in [7, 11) is 2.20. The van der Waals surface area contributed by atoms with E-state index in [1.165, 1.54) is 32.1 Å². The van der Waals surface area contributed by atoms with Crippen LogP contribution in [-0.2, 0) is 14.2 Å². The third kappa shape index (κ3) is 4.97. The van der Waals surface area contributed by atoms with Crippen molar-refractivity contribution in [3.8, 4) is 0 Å². The molecule has 2 heterocycles. The maximum absolute atomic E-state index is 6.42. The molecule has 4 nitrogen and oxygen atoms in total. The quantitative estimate of drug-likeness (QED) is 0.685. The molecule has 0 bridgehead atoms. The van der Waals surface area contributed by atoms with Gasteiger partial charge in [-0.1, -0.05) is 27.2 Å². The zero-order valence-corrected chi connectivity index (χ0v) is 16.9. The maximum Gasteiger partial charge on any atom is 0.168 e. The summed E-state index contributed by atoms with van der Waals surface area (Å²) in [6.07, 6.45) is 10.1. The van der Waals surface area contributed by atoms with Crippen LogP contribution in [0.2, 0.25) is 0 Å². The molecule has 3 fully saturated rings. The topological polar surface area (TPSA) is 30.9 Å². The first-order valence-electron chi connectivity index (χ1n) is 10.5. The molecule has 0 radical (unpaired) electrons. The summed E-state index contributed by atoms with van der Waals surface area (Å²) in [6.45, 7) is 11.0. The lowest BCUT2D eigenvalue weighted by Gasteiger charge is -2.42. The first-order chi connectivity index (χ1) is 11.9. The Morgan fingerprint density at radius 1 is 1.12 bits per heavy atom. The molecule has 2 unspecified atom stereocenters. The van der Waals surface area contributed by atoms with Gasteiger partial charge < -0.3 is 19.1 Å². The SMILES string of the molecule is CCC(C)(C)C1CCC2(CC1)OCC(CCN(C)CC1CCCO1)O2. The summed E-state index contributed by atoms with van der Waals surface area (Å²) in [5, 5.41) is 0. The van der Waals surface area contributed by atoms with E-state index in [9.17, 15) is 0 Å². The lowest BCUT2D eigenvalue weighted by molar-refractivity contribution is -0.197. The molecule has 4 heteroatoms. The number of hydrogen-bond acceptors (Lipinski definition) is 4. The molecule has 1 spiro atoms. The molecule has 25 heavy (non-hydrogen) atoms. The van der Waals surface area contributed by atoms with Gasteiger partial charge in [0.2, 0.25) is 0 Å². The van der Waals surface area contributed by atoms with E-state index in [4.69, 9.17) is 14.2 Å². The lowest BCUT2D eigenvalue weighted by atomic mass is 9.68. The molecule has 0 amide bonds. The van der Waals surface area contributed by atoms with Crippen LogP contribution in [0.3, 0.4) is 0 Å². The Balaban J connectivity index is 1.38. The zero-order valence-electron chi connectivity index (χ0n) is 16.9. The van der Waals surface area contributed by atoms with Crippen LogP contribution in [0.5, 0.6) is 0 Å². The number of hydrogen-bond donors (Lipinski definition) is 0. The van der Waals surface area contributed by atoms with Crippen molar-refractivity contribution in [2.45, 2.75) is 90.1 Å². The van der Waals surface area contributed by atoms with Crippen LogP contribution in [0.4, 0.5) is 0 Å². The molecule has 2 aliphatic heterocycles. The van der Waals surface area contributed by atoms with Crippen LogP contribution in [0.15, 0.2) is 0 Å². The summed E-state index contributed by atoms with van der Waals surface area (Å²) in [5.41, 5.74) is 0.449. The van der Waals surface area contributed by atoms with Crippen molar-refractivity contribution in [3.05, 3.63) is 0 Å². The Morgan fingerprint density at radius 3 is 2.52 bits per heavy atom. The van der Waals surface area contributed by atoms with Gasteiger partial charge in [-0.3, -0.25) is 0 Å². The minimum Gasteiger partial charge on any atom is -0.377 e. The molecule has 146 valence electrons. The number of ether oxygens (including phenoxy) is 3. The summed E-state index contributed by atoms with van der Waals surface area (Å²) < 4.78 is 18.3. The van der Waals surface area contributed by atoms with E-state index in [1.54, 1.807) is 0 Å². The molecular weight excluding hydrogens is 314 g/mol. The van der Waals surface area contributed by atoms with Gasteiger partial charge in [-0.2, -0.15) is 0 Å². The summed E-state index contributed by atoms with van der Waals surface area (Å²) >= 11 is 0. The molecule has 0 aromatic carbocycles. The van der Waals surface area contributed by atoms with E-state index >= 15 is 0 Å². The van der Waals surface area contributed by atoms with E-state index in [2.05, 4.69) is 32.7 Å². The molecule has 2 atom stereocenters. The van der Waals surface area contributed by atoms with Crippen molar-refractivity contribution in [2.75, 3.05) is 33.4 Å². The van der Waals surface area contributed by atoms with Crippen molar-refractivity contribution in [1.82, 2.24) is 4.90 Å². The smallest absolute Gasteiger partial charge is 0.168 e. The highest BCUT2D eigenvalue weighted by Crippen LogP contribution is 2.47. The van der Waals surface area contributed by atoms with Crippen LogP contribution in [0.25, 0.3) is 0 Å². The van der Waals surface area contributed by atoms with Gasteiger partial charge in [0, 0.05) is 32.5 Å². The highest BCUT2D eigenvalue weighted by molar-refractivity contribution is 4.89. The Bertz CT molecular complexity index is 411. The Labute approximate surface area is 154 Å². The Hall–Kier alpha value is -0.160. The zero-order chi connectivity index (χ0) is 17.9. The molecule has 1 saturated carbocycles. The molecule has 3 rings (SSSR count). The standard InChI is InChI=1S/C21H39NO3/c1-5-20(2,3)17-8-11-21(12-9-17)24-16-19(25-21)10-13-22(4)15-18-7-6-14-23-18/h17-19H,5-16H2,1-4H3. The second-order valence-electron chi connectivity index (χ2n) is 9.26. The minimum atomic E-state index is -0.266. The maximum atomic E-state index is 6.42. The van der Waals surface area contributed by atoms with Gasteiger partial charge in [0.05, 0.1) is 18.8 Å². The van der Waals surface area contributed by atoms with Crippen molar-refractivity contribution >= 4 is 0 Å². The normalized spacial score (nSPS) is 36.6. The van der Waals surface area contributed by atoms with Gasteiger partial charge in [-0.25, -0.2) is 0 Å². The predicted molar refractivity (Wildman–Crippen MR) is 101 cm³/mol. The van der Waals surface area contributed by atoms with Gasteiger partial charge in [0.1, 0.15) is 0 Å². The van der Waals surface area contributed by atoms with E-state index < -0.39 is 0 Å². The largest absolute Gasteiger partial charge is 0.377 e. The number of likely N-dealkylation sites (N-methyl/N-ethyl adjacent to an activating group) is 1. The van der Waals surface area contributed by atoms with Gasteiger partial charge in [-0.05, 0) is 50.5 Å². The second-order valence-corrected chi connectivity index (χ2v) is 9.26. The van der Waals surface area contributed by atoms with Crippen molar-refractivity contribution in [3.63, 3.8) is 0 Å². The van der Waals surface area contributed by atoms with E-state index in [-0.39, 0.29) is 11.9 Å². The molecule has 0 N–H and O–H groups in total. The first-order valence-corrected chi connectivity index (χ1v) is 10.5. The Kier molecular flexibility index (Phi) is 6.46.